The summed E-state index contributed by atoms with van der Waals surface area (Å²) in [5.74, 6) is 0.431. The van der Waals surface area contributed by atoms with E-state index in [0.29, 0.717) is 0 Å². The van der Waals surface area contributed by atoms with Crippen LogP contribution in [0.5, 0.6) is 5.75 Å². The first kappa shape index (κ1) is 21.7. The quantitative estimate of drug-likeness (QED) is 0.724. The Bertz CT molecular complexity index is 860. The van der Waals surface area contributed by atoms with Gasteiger partial charge in [0.1, 0.15) is 30.1 Å². The van der Waals surface area contributed by atoms with Crippen LogP contribution in [-0.4, -0.2) is 55.4 Å². The highest BCUT2D eigenvalue weighted by Crippen LogP contribution is 2.35. The Morgan fingerprint density at radius 3 is 2.55 bits per heavy atom. The number of carbonyl (C=O) groups is 1. The molecule has 8 nitrogen and oxygen atoms in total. The maximum Gasteiger partial charge on any atom is 0.217 e. The van der Waals surface area contributed by atoms with E-state index in [9.17, 15) is 9.90 Å². The summed E-state index contributed by atoms with van der Waals surface area (Å²) in [6.07, 6.45) is -3.76. The second-order valence-electron chi connectivity index (χ2n) is 7.60. The van der Waals surface area contributed by atoms with Crippen LogP contribution in [0.3, 0.4) is 0 Å². The maximum absolute atomic E-state index is 11.8. The van der Waals surface area contributed by atoms with Crippen molar-refractivity contribution in [1.82, 2.24) is 5.32 Å². The predicted octanol–water partition coefficient (Wildman–Crippen LogP) is 1.92. The van der Waals surface area contributed by atoms with Crippen molar-refractivity contribution in [3.63, 3.8) is 0 Å². The van der Waals surface area contributed by atoms with Crippen LogP contribution in [0.1, 0.15) is 24.3 Å². The largest absolute Gasteiger partial charge is 0.497 e. The first-order chi connectivity index (χ1) is 15.0. The highest BCUT2D eigenvalue weighted by Gasteiger charge is 2.50. The van der Waals surface area contributed by atoms with Gasteiger partial charge in [-0.05, 0) is 17.7 Å². The molecular weight excluding hydrogens is 402 g/mol. The Balaban J connectivity index is 1.46. The van der Waals surface area contributed by atoms with Crippen molar-refractivity contribution < 1.29 is 33.6 Å². The number of hydrogen-bond acceptors (Lipinski definition) is 7. The van der Waals surface area contributed by atoms with Gasteiger partial charge < -0.3 is 34.1 Å². The minimum Gasteiger partial charge on any atom is -0.497 e. The average molecular weight is 429 g/mol. The van der Waals surface area contributed by atoms with Crippen LogP contribution in [0, 0.1) is 0 Å². The molecule has 2 fully saturated rings. The molecule has 8 heteroatoms. The summed E-state index contributed by atoms with van der Waals surface area (Å²) in [4.78, 5) is 11.8. The molecular formula is C23H27NO7. The molecule has 1 unspecified atom stereocenters. The van der Waals surface area contributed by atoms with E-state index in [0.717, 1.165) is 16.9 Å². The monoisotopic (exact) mass is 429 g/mol. The van der Waals surface area contributed by atoms with E-state index in [1.807, 2.05) is 54.6 Å². The lowest BCUT2D eigenvalue weighted by Crippen LogP contribution is -2.66. The van der Waals surface area contributed by atoms with Crippen LogP contribution < -0.4 is 10.1 Å². The summed E-state index contributed by atoms with van der Waals surface area (Å²) in [6, 6.07) is 16.2. The number of nitrogens with one attached hydrogen (secondary N) is 1. The van der Waals surface area contributed by atoms with Gasteiger partial charge in [-0.1, -0.05) is 42.5 Å². The first-order valence-electron chi connectivity index (χ1n) is 10.2. The van der Waals surface area contributed by atoms with Gasteiger partial charge in [0.15, 0.2) is 12.6 Å². The lowest BCUT2D eigenvalue weighted by atomic mass is 9.95. The third-order valence-corrected chi connectivity index (χ3v) is 5.38. The Morgan fingerprint density at radius 1 is 1.13 bits per heavy atom. The number of fused-ring (bicyclic) bond motifs is 1. The molecule has 6 atom stereocenters. The number of aliphatic hydroxyl groups is 1. The molecule has 0 aliphatic carbocycles. The second kappa shape index (κ2) is 9.76. The zero-order chi connectivity index (χ0) is 21.8. The molecule has 1 amide bonds. The van der Waals surface area contributed by atoms with Gasteiger partial charge in [-0.2, -0.15) is 0 Å². The lowest BCUT2D eigenvalue weighted by molar-refractivity contribution is -0.345. The molecule has 2 saturated heterocycles. The van der Waals surface area contributed by atoms with Gasteiger partial charge in [-0.3, -0.25) is 4.79 Å². The van der Waals surface area contributed by atoms with Gasteiger partial charge in [-0.15, -0.1) is 0 Å². The molecule has 0 radical (unpaired) electrons. The van der Waals surface area contributed by atoms with Gasteiger partial charge >= 0.3 is 0 Å². The zero-order valence-electron chi connectivity index (χ0n) is 17.5. The van der Waals surface area contributed by atoms with Crippen molar-refractivity contribution in [2.24, 2.45) is 0 Å². The number of benzene rings is 2. The molecule has 2 heterocycles. The van der Waals surface area contributed by atoms with Crippen molar-refractivity contribution in [3.8, 4) is 5.75 Å². The minimum absolute atomic E-state index is 0.219. The Hall–Kier alpha value is -2.49. The number of ether oxygens (including phenoxy) is 5. The summed E-state index contributed by atoms with van der Waals surface area (Å²) in [6.45, 7) is 1.89. The smallest absolute Gasteiger partial charge is 0.217 e. The number of rotatable bonds is 6. The fourth-order valence-corrected chi connectivity index (χ4v) is 3.81. The summed E-state index contributed by atoms with van der Waals surface area (Å²) >= 11 is 0. The SMILES string of the molecule is COc1ccc(C2OC[C@H]3O[C@H](OCc4ccccc4)[C@H](NC(C)=O)[C@@H](O)[C@H]3O2)cc1. The Labute approximate surface area is 181 Å². The van der Waals surface area contributed by atoms with E-state index < -0.39 is 36.9 Å². The Morgan fingerprint density at radius 2 is 1.87 bits per heavy atom. The third kappa shape index (κ3) is 5.06. The summed E-state index contributed by atoms with van der Waals surface area (Å²) < 4.78 is 29.0. The second-order valence-corrected chi connectivity index (χ2v) is 7.60. The van der Waals surface area contributed by atoms with E-state index in [2.05, 4.69) is 5.32 Å². The highest BCUT2D eigenvalue weighted by atomic mass is 16.7. The first-order valence-corrected chi connectivity index (χ1v) is 10.2. The molecule has 0 aromatic heterocycles. The minimum atomic E-state index is -1.03. The summed E-state index contributed by atoms with van der Waals surface area (Å²) in [7, 11) is 1.60. The zero-order valence-corrected chi connectivity index (χ0v) is 17.5. The van der Waals surface area contributed by atoms with Crippen molar-refractivity contribution in [2.45, 2.75) is 50.5 Å². The number of carbonyl (C=O) groups excluding carboxylic acids is 1. The number of aliphatic hydroxyl groups excluding tert-OH is 1. The van der Waals surface area contributed by atoms with E-state index in [1.165, 1.54) is 6.92 Å². The molecule has 0 saturated carbocycles. The van der Waals surface area contributed by atoms with Gasteiger partial charge in [0.25, 0.3) is 0 Å². The molecule has 0 spiro atoms. The topological polar surface area (TPSA) is 95.5 Å². The molecule has 2 aromatic rings. The van der Waals surface area contributed by atoms with Crippen molar-refractivity contribution in [3.05, 3.63) is 65.7 Å². The third-order valence-electron chi connectivity index (χ3n) is 5.38. The normalized spacial score (nSPS) is 30.3. The van der Waals surface area contributed by atoms with Crippen molar-refractivity contribution in [1.29, 1.82) is 0 Å². The van der Waals surface area contributed by atoms with Crippen LogP contribution in [0.4, 0.5) is 0 Å². The number of amides is 1. The molecule has 4 rings (SSSR count). The average Bonchev–Trinajstić information content (AvgIpc) is 2.80. The fraction of sp³-hybridized carbons (Fsp3) is 0.435. The number of hydrogen-bond donors (Lipinski definition) is 2. The molecule has 2 N–H and O–H groups in total. The van der Waals surface area contributed by atoms with Gasteiger partial charge in [0.2, 0.25) is 5.91 Å². The molecule has 2 aliphatic rings. The summed E-state index contributed by atoms with van der Waals surface area (Å²) in [5.41, 5.74) is 1.75. The van der Waals surface area contributed by atoms with E-state index in [4.69, 9.17) is 23.7 Å². The lowest BCUT2D eigenvalue weighted by Gasteiger charge is -2.47. The Kier molecular flexibility index (Phi) is 6.84. The van der Waals surface area contributed by atoms with Crippen LogP contribution in [-0.2, 0) is 30.3 Å². The molecule has 31 heavy (non-hydrogen) atoms. The molecule has 2 aliphatic heterocycles. The van der Waals surface area contributed by atoms with Crippen LogP contribution in [0.25, 0.3) is 0 Å². The summed E-state index contributed by atoms with van der Waals surface area (Å²) in [5, 5.41) is 13.8. The number of methoxy groups -OCH3 is 1. The maximum atomic E-state index is 11.8. The van der Waals surface area contributed by atoms with E-state index in [1.54, 1.807) is 7.11 Å². The van der Waals surface area contributed by atoms with E-state index >= 15 is 0 Å². The van der Waals surface area contributed by atoms with Crippen molar-refractivity contribution >= 4 is 5.91 Å². The molecule has 0 bridgehead atoms. The van der Waals surface area contributed by atoms with Crippen LogP contribution in [0.15, 0.2) is 54.6 Å². The standard InChI is InChI=1S/C23H27NO7/c1-14(25)24-19-20(26)21-18(30-23(19)28-12-15-6-4-3-5-7-15)13-29-22(31-21)16-8-10-17(27-2)11-9-16/h3-11,18-23,26H,12-13H2,1-2H3,(H,24,25)/t18-,19-,20-,21+,22?,23+/m1/s1. The fourth-order valence-electron chi connectivity index (χ4n) is 3.81. The van der Waals surface area contributed by atoms with E-state index in [-0.39, 0.29) is 19.1 Å². The highest BCUT2D eigenvalue weighted by molar-refractivity contribution is 5.73. The molecule has 2 aromatic carbocycles. The predicted molar refractivity (Wildman–Crippen MR) is 110 cm³/mol. The van der Waals surface area contributed by atoms with Crippen LogP contribution in [0.2, 0.25) is 0 Å². The molecule has 166 valence electrons. The van der Waals surface area contributed by atoms with Crippen LogP contribution >= 0.6 is 0 Å². The van der Waals surface area contributed by atoms with Crippen molar-refractivity contribution in [2.75, 3.05) is 13.7 Å². The van der Waals surface area contributed by atoms with Gasteiger partial charge in [0, 0.05) is 12.5 Å². The van der Waals surface area contributed by atoms with Gasteiger partial charge in [0.05, 0.1) is 20.3 Å². The van der Waals surface area contributed by atoms with Gasteiger partial charge in [-0.25, -0.2) is 0 Å².